The van der Waals surface area contributed by atoms with Gasteiger partial charge in [0.1, 0.15) is 11.4 Å². The van der Waals surface area contributed by atoms with Crippen LogP contribution < -0.4 is 11.1 Å². The van der Waals surface area contributed by atoms with Crippen molar-refractivity contribution in [2.24, 2.45) is 10.2 Å². The minimum atomic E-state index is -4.95. The first-order valence-corrected chi connectivity index (χ1v) is 14.7. The Morgan fingerprint density at radius 1 is 0.956 bits per heavy atom. The van der Waals surface area contributed by atoms with Crippen molar-refractivity contribution in [3.8, 4) is 5.75 Å². The average Bonchev–Trinajstić information content (AvgIpc) is 2.95. The van der Waals surface area contributed by atoms with E-state index in [9.17, 15) is 31.2 Å². The zero-order chi connectivity index (χ0) is 33.1. The number of aromatic hydroxyl groups is 1. The zero-order valence-electron chi connectivity index (χ0n) is 22.0. The highest BCUT2D eigenvalue weighted by atomic mass is 32.2. The maximum atomic E-state index is 14.1. The first-order valence-electron chi connectivity index (χ1n) is 11.6. The van der Waals surface area contributed by atoms with Crippen LogP contribution in [0.25, 0.3) is 10.8 Å². The van der Waals surface area contributed by atoms with E-state index in [1.165, 1.54) is 18.2 Å². The van der Waals surface area contributed by atoms with E-state index < -0.39 is 38.2 Å². The predicted molar refractivity (Wildman–Crippen MR) is 156 cm³/mol. The van der Waals surface area contributed by atoms with E-state index in [2.05, 4.69) is 53.4 Å². The smallest absolute Gasteiger partial charge is 0.418 e. The van der Waals surface area contributed by atoms with Gasteiger partial charge in [-0.05, 0) is 72.4 Å². The molecule has 7 N–H and O–H groups in total. The van der Waals surface area contributed by atoms with Crippen LogP contribution in [0.3, 0.4) is 0 Å². The Labute approximate surface area is 259 Å². The van der Waals surface area contributed by atoms with E-state index in [1.54, 1.807) is 0 Å². The summed E-state index contributed by atoms with van der Waals surface area (Å²) in [6.07, 6.45) is -4.95. The zero-order valence-corrected chi connectivity index (χ0v) is 24.5. The largest absolute Gasteiger partial charge is 0.507 e. The number of hydrogen-bond donors (Lipinski definition) is 6. The van der Waals surface area contributed by atoms with Crippen molar-refractivity contribution < 1.29 is 51.5 Å². The molecule has 0 fully saturated rings. The number of rotatable bonds is 11. The number of nitrogens with zero attached hydrogens (tertiary/aromatic N) is 5. The number of phenolic OH excluding ortho intramolecular Hbond substituents is 1. The van der Waals surface area contributed by atoms with Crippen molar-refractivity contribution in [1.29, 1.82) is 0 Å². The van der Waals surface area contributed by atoms with Gasteiger partial charge in [-0.3, -0.25) is 4.55 Å². The molecule has 4 aromatic rings. The SMILES string of the molecule is C=C(OO)Sc1nc(Nc2ccc(N=Nc3c(N)ccc4cc(S(=O)(=O)O)cc(O)c34)c(C(F)(F)F)c2)nc(SC(=C)OO)n1. The normalized spacial score (nSPS) is 12.0. The van der Waals surface area contributed by atoms with Crippen molar-refractivity contribution in [3.05, 3.63) is 71.4 Å². The minimum absolute atomic E-state index is 0.0528. The van der Waals surface area contributed by atoms with Crippen molar-refractivity contribution in [2.45, 2.75) is 21.4 Å². The lowest BCUT2D eigenvalue weighted by atomic mass is 10.1. The number of nitrogens with one attached hydrogen (secondary N) is 1. The molecular formula is C24H18F3N7O8S3. The molecule has 4 rings (SSSR count). The van der Waals surface area contributed by atoms with Crippen LogP contribution in [0.2, 0.25) is 0 Å². The summed E-state index contributed by atoms with van der Waals surface area (Å²) < 4.78 is 74.7. The summed E-state index contributed by atoms with van der Waals surface area (Å²) in [7, 11) is -4.69. The van der Waals surface area contributed by atoms with Crippen LogP contribution in [0, 0.1) is 0 Å². The van der Waals surface area contributed by atoms with E-state index in [4.69, 9.17) is 16.2 Å². The summed E-state index contributed by atoms with van der Waals surface area (Å²) in [6, 6.07) is 7.17. The number of nitrogens with two attached hydrogens (primary N) is 1. The quantitative estimate of drug-likeness (QED) is 0.0180. The lowest BCUT2D eigenvalue weighted by molar-refractivity contribution is -0.191. The third-order valence-corrected chi connectivity index (χ3v) is 7.56. The third-order valence-electron chi connectivity index (χ3n) is 5.40. The molecule has 1 heterocycles. The molecule has 0 atom stereocenters. The minimum Gasteiger partial charge on any atom is -0.507 e. The van der Waals surface area contributed by atoms with Gasteiger partial charge in [0, 0.05) is 11.8 Å². The molecular weight excluding hydrogens is 668 g/mol. The van der Waals surface area contributed by atoms with Gasteiger partial charge in [0.25, 0.3) is 10.1 Å². The van der Waals surface area contributed by atoms with Crippen molar-refractivity contribution in [1.82, 2.24) is 15.0 Å². The molecule has 15 nitrogen and oxygen atoms in total. The van der Waals surface area contributed by atoms with Crippen molar-refractivity contribution >= 4 is 73.1 Å². The molecule has 0 spiro atoms. The predicted octanol–water partition coefficient (Wildman–Crippen LogP) is 6.84. The molecule has 0 saturated carbocycles. The molecule has 1 aromatic heterocycles. The Bertz CT molecular complexity index is 1920. The second-order valence-electron chi connectivity index (χ2n) is 8.43. The first kappa shape index (κ1) is 33.2. The molecule has 21 heteroatoms. The summed E-state index contributed by atoms with van der Waals surface area (Å²) in [5, 5.41) is 37.3. The second kappa shape index (κ2) is 13.1. The van der Waals surface area contributed by atoms with E-state index in [0.717, 1.165) is 18.2 Å². The molecule has 0 aliphatic rings. The van der Waals surface area contributed by atoms with Gasteiger partial charge in [0.2, 0.25) is 16.3 Å². The number of hydrogen-bond acceptors (Lipinski definition) is 16. The number of anilines is 3. The highest BCUT2D eigenvalue weighted by Gasteiger charge is 2.34. The van der Waals surface area contributed by atoms with Crippen LogP contribution in [0.15, 0.2) is 91.2 Å². The van der Waals surface area contributed by atoms with Gasteiger partial charge in [-0.15, -0.1) is 10.2 Å². The van der Waals surface area contributed by atoms with Gasteiger partial charge < -0.3 is 25.9 Å². The number of thioether (sulfide) groups is 2. The molecule has 0 aliphatic carbocycles. The van der Waals surface area contributed by atoms with Gasteiger partial charge in [-0.1, -0.05) is 6.07 Å². The Balaban J connectivity index is 1.74. The van der Waals surface area contributed by atoms with Crippen LogP contribution in [0.4, 0.5) is 41.9 Å². The molecule has 0 unspecified atom stereocenters. The summed E-state index contributed by atoms with van der Waals surface area (Å²) in [5.41, 5.74) is 3.50. The van der Waals surface area contributed by atoms with Crippen LogP contribution in [0.5, 0.6) is 5.75 Å². The molecule has 0 bridgehead atoms. The molecule has 236 valence electrons. The summed E-state index contributed by atoms with van der Waals surface area (Å²) in [5.74, 6) is -0.940. The molecule has 0 aliphatic heterocycles. The number of aromatic nitrogens is 3. The fraction of sp³-hybridized carbons (Fsp3) is 0.0417. The topological polar surface area (TPSA) is 235 Å². The highest BCUT2D eigenvalue weighted by Crippen LogP contribution is 2.43. The standard InChI is InChI=1S/C24H18F3N7O8S3/c1-10(41-36)43-22-30-21(31-23(32-22)44-11(2)42-37)29-13-4-6-17(15(8-13)24(25,26)27)33-34-20-16(28)5-3-12-7-14(45(38,39)40)9-18(35)19(12)20/h3-9,35-37H,1-2,28H2,(H,38,39,40)(H,29,30,31,32). The number of alkyl halides is 3. The number of benzene rings is 3. The molecule has 0 saturated heterocycles. The lowest BCUT2D eigenvalue weighted by Gasteiger charge is -2.13. The fourth-order valence-electron chi connectivity index (χ4n) is 3.56. The highest BCUT2D eigenvalue weighted by molar-refractivity contribution is 8.03. The fourth-order valence-corrected chi connectivity index (χ4v) is 5.16. The summed E-state index contributed by atoms with van der Waals surface area (Å²) in [6.45, 7) is 6.80. The van der Waals surface area contributed by atoms with E-state index in [-0.39, 0.29) is 54.3 Å². The lowest BCUT2D eigenvalue weighted by Crippen LogP contribution is -2.07. The van der Waals surface area contributed by atoms with Crippen LogP contribution in [-0.2, 0) is 26.1 Å². The molecule has 0 amide bonds. The molecule has 3 aromatic carbocycles. The van der Waals surface area contributed by atoms with Gasteiger partial charge in [-0.25, -0.2) is 10.5 Å². The Morgan fingerprint density at radius 2 is 1.58 bits per heavy atom. The van der Waals surface area contributed by atoms with Crippen LogP contribution >= 0.6 is 23.5 Å². The number of halogens is 3. The van der Waals surface area contributed by atoms with Gasteiger partial charge in [0.05, 0.1) is 27.2 Å². The second-order valence-corrected chi connectivity index (χ2v) is 11.9. The Kier molecular flexibility index (Phi) is 9.70. The van der Waals surface area contributed by atoms with E-state index in [0.29, 0.717) is 29.6 Å². The van der Waals surface area contributed by atoms with E-state index in [1.807, 2.05) is 0 Å². The maximum absolute atomic E-state index is 14.1. The van der Waals surface area contributed by atoms with E-state index >= 15 is 0 Å². The number of azo groups is 1. The van der Waals surface area contributed by atoms with Gasteiger partial charge in [0.15, 0.2) is 10.2 Å². The Hall–Kier alpha value is -4.67. The third kappa shape index (κ3) is 8.09. The summed E-state index contributed by atoms with van der Waals surface area (Å²) >= 11 is 1.29. The van der Waals surface area contributed by atoms with Crippen LogP contribution in [0.1, 0.15) is 5.56 Å². The molecule has 0 radical (unpaired) electrons. The Morgan fingerprint density at radius 3 is 2.13 bits per heavy atom. The molecule has 45 heavy (non-hydrogen) atoms. The first-order chi connectivity index (χ1) is 21.1. The van der Waals surface area contributed by atoms with Crippen molar-refractivity contribution in [2.75, 3.05) is 11.1 Å². The maximum Gasteiger partial charge on any atom is 0.418 e. The van der Waals surface area contributed by atoms with Gasteiger partial charge in [-0.2, -0.15) is 36.5 Å². The van der Waals surface area contributed by atoms with Crippen LogP contribution in [-0.4, -0.2) is 43.5 Å². The number of nitrogen functional groups attached to an aromatic ring is 1. The summed E-state index contributed by atoms with van der Waals surface area (Å²) in [4.78, 5) is 19.4. The van der Waals surface area contributed by atoms with Gasteiger partial charge >= 0.3 is 6.18 Å². The number of fused-ring (bicyclic) bond motifs is 1. The average molecular weight is 686 g/mol. The monoisotopic (exact) mass is 685 g/mol. The number of phenols is 1. The van der Waals surface area contributed by atoms with Crippen molar-refractivity contribution in [3.63, 3.8) is 0 Å².